The molecule has 24 heavy (non-hydrogen) atoms. The Morgan fingerprint density at radius 2 is 2.04 bits per heavy atom. The molecule has 3 nitrogen and oxygen atoms in total. The van der Waals surface area contributed by atoms with Crippen LogP contribution in [0.3, 0.4) is 0 Å². The normalized spacial score (nSPS) is 32.0. The van der Waals surface area contributed by atoms with Gasteiger partial charge in [-0.25, -0.2) is 0 Å². The minimum absolute atomic E-state index is 0.0395. The molecule has 1 aromatic carbocycles. The van der Waals surface area contributed by atoms with E-state index in [4.69, 9.17) is 4.74 Å². The number of hydrogen-bond donors (Lipinski definition) is 1. The van der Waals surface area contributed by atoms with Crippen molar-refractivity contribution in [2.45, 2.75) is 44.3 Å². The van der Waals surface area contributed by atoms with Gasteiger partial charge in [-0.2, -0.15) is 0 Å². The molecule has 2 bridgehead atoms. The maximum atomic E-state index is 12.8. The van der Waals surface area contributed by atoms with Crippen LogP contribution in [0.15, 0.2) is 30.3 Å². The summed E-state index contributed by atoms with van der Waals surface area (Å²) in [5.41, 5.74) is 0.553. The van der Waals surface area contributed by atoms with Crippen LogP contribution in [0.5, 0.6) is 0 Å². The molecule has 4 rings (SSSR count). The molecule has 0 spiro atoms. The van der Waals surface area contributed by atoms with E-state index in [9.17, 15) is 9.90 Å². The first-order chi connectivity index (χ1) is 11.5. The fraction of sp³-hybridized carbons (Fsp3) is 0.650. The Kier molecular flexibility index (Phi) is 5.38. The van der Waals surface area contributed by atoms with Crippen molar-refractivity contribution >= 4 is 17.5 Å². The van der Waals surface area contributed by atoms with Crippen LogP contribution in [0.1, 0.15) is 44.0 Å². The summed E-state index contributed by atoms with van der Waals surface area (Å²) in [4.78, 5) is 12.8. The fourth-order valence-corrected chi connectivity index (χ4v) is 6.14. The Morgan fingerprint density at radius 3 is 2.62 bits per heavy atom. The Labute approximate surface area is 149 Å². The highest BCUT2D eigenvalue weighted by Crippen LogP contribution is 2.63. The van der Waals surface area contributed by atoms with E-state index in [0.29, 0.717) is 34.7 Å². The summed E-state index contributed by atoms with van der Waals surface area (Å²) < 4.78 is 5.79. The van der Waals surface area contributed by atoms with Crippen molar-refractivity contribution in [2.24, 2.45) is 23.2 Å². The summed E-state index contributed by atoms with van der Waals surface area (Å²) in [6.07, 6.45) is 2.30. The van der Waals surface area contributed by atoms with Crippen molar-refractivity contribution < 1.29 is 14.6 Å². The Hall–Kier alpha value is -0.840. The molecule has 0 saturated heterocycles. The van der Waals surface area contributed by atoms with Gasteiger partial charge in [0.05, 0.1) is 0 Å². The van der Waals surface area contributed by atoms with Crippen molar-refractivity contribution in [3.8, 4) is 0 Å². The van der Waals surface area contributed by atoms with E-state index in [2.05, 4.69) is 13.8 Å². The molecule has 3 aliphatic carbocycles. The summed E-state index contributed by atoms with van der Waals surface area (Å²) in [5, 5.41) is 10.2. The van der Waals surface area contributed by atoms with Gasteiger partial charge in [-0.05, 0) is 42.9 Å². The molecule has 5 atom stereocenters. The fourth-order valence-electron chi connectivity index (χ4n) is 4.52. The van der Waals surface area contributed by atoms with Gasteiger partial charge >= 0.3 is 0 Å². The SMILES string of the molecule is CCO[C@@H](S[C@H]1C[C@H]2C[C@@H]([C@@H]1CO)C2(C)C)C(=O)c1ccccc1. The smallest absolute Gasteiger partial charge is 0.201 e. The zero-order chi connectivity index (χ0) is 17.3. The minimum Gasteiger partial charge on any atom is -0.396 e. The van der Waals surface area contributed by atoms with Crippen molar-refractivity contribution in [1.29, 1.82) is 0 Å². The second-order valence-electron chi connectivity index (χ2n) is 7.63. The molecule has 0 amide bonds. The van der Waals surface area contributed by atoms with Crippen LogP contribution < -0.4 is 0 Å². The molecule has 0 heterocycles. The molecule has 0 aromatic heterocycles. The lowest BCUT2D eigenvalue weighted by Gasteiger charge is -2.62. The van der Waals surface area contributed by atoms with Crippen LogP contribution in [0.25, 0.3) is 0 Å². The number of Topliss-reactive ketones (excluding diaryl/α,β-unsaturated/α-hetero) is 1. The first-order valence-corrected chi connectivity index (χ1v) is 9.90. The maximum absolute atomic E-state index is 12.8. The molecule has 4 heteroatoms. The summed E-state index contributed by atoms with van der Waals surface area (Å²) in [7, 11) is 0. The van der Waals surface area contributed by atoms with Crippen LogP contribution in [0.4, 0.5) is 0 Å². The van der Waals surface area contributed by atoms with Gasteiger partial charge in [0.15, 0.2) is 5.44 Å². The monoisotopic (exact) mass is 348 g/mol. The van der Waals surface area contributed by atoms with Gasteiger partial charge in [0.25, 0.3) is 0 Å². The molecule has 132 valence electrons. The lowest BCUT2D eigenvalue weighted by molar-refractivity contribution is -0.113. The average molecular weight is 349 g/mol. The van der Waals surface area contributed by atoms with Crippen LogP contribution in [-0.2, 0) is 4.74 Å². The van der Waals surface area contributed by atoms with E-state index < -0.39 is 5.44 Å². The summed E-state index contributed by atoms with van der Waals surface area (Å²) in [5.74, 6) is 1.57. The van der Waals surface area contributed by atoms with Crippen molar-refractivity contribution in [3.05, 3.63) is 35.9 Å². The van der Waals surface area contributed by atoms with E-state index in [1.165, 1.54) is 6.42 Å². The number of thioether (sulfide) groups is 1. The molecule has 3 fully saturated rings. The highest BCUT2D eigenvalue weighted by atomic mass is 32.2. The van der Waals surface area contributed by atoms with Crippen LogP contribution in [0, 0.1) is 23.2 Å². The number of hydrogen-bond acceptors (Lipinski definition) is 4. The average Bonchev–Trinajstić information content (AvgIpc) is 2.61. The van der Waals surface area contributed by atoms with E-state index >= 15 is 0 Å². The zero-order valence-corrected chi connectivity index (χ0v) is 15.6. The van der Waals surface area contributed by atoms with Gasteiger partial charge in [0, 0.05) is 24.0 Å². The first kappa shape index (κ1) is 18.0. The second-order valence-corrected chi connectivity index (χ2v) is 8.94. The third kappa shape index (κ3) is 3.16. The van der Waals surface area contributed by atoms with Crippen molar-refractivity contribution in [1.82, 2.24) is 0 Å². The second kappa shape index (κ2) is 7.19. The molecule has 1 aromatic rings. The molecule has 0 radical (unpaired) electrons. The first-order valence-electron chi connectivity index (χ1n) is 8.96. The van der Waals surface area contributed by atoms with Crippen LogP contribution in [0.2, 0.25) is 0 Å². The van der Waals surface area contributed by atoms with Crippen LogP contribution >= 0.6 is 11.8 Å². The lowest BCUT2D eigenvalue weighted by atomic mass is 9.45. The van der Waals surface area contributed by atoms with Crippen molar-refractivity contribution in [3.63, 3.8) is 0 Å². The molecular weight excluding hydrogens is 320 g/mol. The Morgan fingerprint density at radius 1 is 1.33 bits per heavy atom. The number of carbonyl (C=O) groups is 1. The van der Waals surface area contributed by atoms with Gasteiger partial charge in [-0.1, -0.05) is 44.2 Å². The third-order valence-corrected chi connectivity index (χ3v) is 7.65. The topological polar surface area (TPSA) is 46.5 Å². The number of aliphatic hydroxyl groups is 1. The minimum atomic E-state index is -0.475. The quantitative estimate of drug-likeness (QED) is 0.597. The molecule has 0 unspecified atom stereocenters. The summed E-state index contributed by atoms with van der Waals surface area (Å²) in [6.45, 7) is 7.30. The summed E-state index contributed by atoms with van der Waals surface area (Å²) in [6, 6.07) is 9.38. The third-order valence-electron chi connectivity index (χ3n) is 6.16. The predicted molar refractivity (Wildman–Crippen MR) is 98.1 cm³/mol. The number of ketones is 1. The zero-order valence-electron chi connectivity index (χ0n) is 14.8. The molecule has 3 saturated carbocycles. The highest BCUT2D eigenvalue weighted by Gasteiger charge is 2.57. The standard InChI is InChI=1S/C20H28O3S/c1-4-23-19(18(22)13-8-6-5-7-9-13)24-17-11-14-10-16(15(17)12-21)20(14,2)3/h5-9,14-17,19,21H,4,10-12H2,1-3H3/t14-,15+,16+,17+,19+/m1/s1. The van der Waals surface area contributed by atoms with Gasteiger partial charge in [-0.3, -0.25) is 4.79 Å². The molecular formula is C20H28O3S. The highest BCUT2D eigenvalue weighted by molar-refractivity contribution is 8.01. The van der Waals surface area contributed by atoms with Gasteiger partial charge < -0.3 is 9.84 Å². The van der Waals surface area contributed by atoms with Gasteiger partial charge in [0.1, 0.15) is 0 Å². The van der Waals surface area contributed by atoms with Crippen LogP contribution in [-0.4, -0.2) is 34.8 Å². The maximum Gasteiger partial charge on any atom is 0.201 e. The molecule has 3 aliphatic rings. The van der Waals surface area contributed by atoms with Crippen molar-refractivity contribution in [2.75, 3.05) is 13.2 Å². The number of fused-ring (bicyclic) bond motifs is 2. The lowest BCUT2D eigenvalue weighted by Crippen LogP contribution is -2.58. The molecule has 1 N–H and O–H groups in total. The predicted octanol–water partition coefficient (Wildman–Crippen LogP) is 4.01. The van der Waals surface area contributed by atoms with Gasteiger partial charge in [0.2, 0.25) is 5.78 Å². The number of benzene rings is 1. The van der Waals surface area contributed by atoms with E-state index in [-0.39, 0.29) is 18.3 Å². The largest absolute Gasteiger partial charge is 0.396 e. The number of carbonyl (C=O) groups excluding carboxylic acids is 1. The van der Waals surface area contributed by atoms with E-state index in [0.717, 1.165) is 6.42 Å². The summed E-state index contributed by atoms with van der Waals surface area (Å²) >= 11 is 1.63. The number of rotatable bonds is 7. The van der Waals surface area contributed by atoms with E-state index in [1.807, 2.05) is 37.3 Å². The van der Waals surface area contributed by atoms with E-state index in [1.54, 1.807) is 11.8 Å². The number of ether oxygens (including phenoxy) is 1. The Bertz CT molecular complexity index is 572. The Balaban J connectivity index is 1.73. The molecule has 0 aliphatic heterocycles. The van der Waals surface area contributed by atoms with Gasteiger partial charge in [-0.15, -0.1) is 11.8 Å². The number of aliphatic hydroxyl groups excluding tert-OH is 1.